The van der Waals surface area contributed by atoms with Crippen molar-refractivity contribution in [3.63, 3.8) is 0 Å². The quantitative estimate of drug-likeness (QED) is 0.920. The average Bonchev–Trinajstić information content (AvgIpc) is 2.93. The summed E-state index contributed by atoms with van der Waals surface area (Å²) in [5.41, 5.74) is 2.04. The number of benzene rings is 1. The molecule has 0 spiro atoms. The van der Waals surface area contributed by atoms with E-state index in [-0.39, 0.29) is 6.10 Å². The van der Waals surface area contributed by atoms with Crippen LogP contribution < -0.4 is 10.1 Å². The van der Waals surface area contributed by atoms with Crippen LogP contribution in [0.25, 0.3) is 11.3 Å². The first-order valence-corrected chi connectivity index (χ1v) is 8.68. The summed E-state index contributed by atoms with van der Waals surface area (Å²) in [6.07, 6.45) is 6.41. The number of fused-ring (bicyclic) bond motifs is 2. The normalized spacial score (nSPS) is 25.2. The molecule has 2 aliphatic rings. The van der Waals surface area contributed by atoms with Crippen molar-refractivity contribution in [3.8, 4) is 23.1 Å². The van der Waals surface area contributed by atoms with Crippen LogP contribution in [0.5, 0.6) is 5.75 Å². The van der Waals surface area contributed by atoms with E-state index in [4.69, 9.17) is 16.3 Å². The van der Waals surface area contributed by atoms with Gasteiger partial charge in [0, 0.05) is 23.8 Å². The Balaban J connectivity index is 1.63. The van der Waals surface area contributed by atoms with Gasteiger partial charge in [0.2, 0.25) is 0 Å². The highest BCUT2D eigenvalue weighted by Crippen LogP contribution is 2.33. The summed E-state index contributed by atoms with van der Waals surface area (Å²) in [5, 5.41) is 13.5. The predicted molar refractivity (Wildman–Crippen MR) is 93.0 cm³/mol. The van der Waals surface area contributed by atoms with Crippen molar-refractivity contribution >= 4 is 11.6 Å². The molecule has 2 bridgehead atoms. The minimum absolute atomic E-state index is 0.199. The summed E-state index contributed by atoms with van der Waals surface area (Å²) in [5.74, 6) is 0.720. The molecule has 3 heterocycles. The smallest absolute Gasteiger partial charge is 0.121 e. The molecule has 24 heavy (non-hydrogen) atoms. The van der Waals surface area contributed by atoms with Crippen molar-refractivity contribution in [2.75, 3.05) is 0 Å². The third-order valence-electron chi connectivity index (χ3n) is 4.80. The molecule has 122 valence electrons. The third kappa shape index (κ3) is 3.10. The second-order valence-electron chi connectivity index (χ2n) is 6.54. The van der Waals surface area contributed by atoms with E-state index in [1.807, 2.05) is 6.07 Å². The Morgan fingerprint density at radius 2 is 2.00 bits per heavy atom. The Labute approximate surface area is 146 Å². The van der Waals surface area contributed by atoms with Gasteiger partial charge in [-0.25, -0.2) is 0 Å². The molecule has 0 radical (unpaired) electrons. The van der Waals surface area contributed by atoms with Gasteiger partial charge in [-0.1, -0.05) is 11.6 Å². The first-order valence-electron chi connectivity index (χ1n) is 8.30. The van der Waals surface area contributed by atoms with Gasteiger partial charge in [-0.15, -0.1) is 0 Å². The number of hydrogen-bond donors (Lipinski definition) is 1. The molecule has 1 aromatic heterocycles. The monoisotopic (exact) mass is 339 g/mol. The summed E-state index contributed by atoms with van der Waals surface area (Å²) >= 11 is 6.25. The fourth-order valence-corrected chi connectivity index (χ4v) is 3.99. The highest BCUT2D eigenvalue weighted by molar-refractivity contribution is 6.33. The van der Waals surface area contributed by atoms with Crippen LogP contribution in [0.1, 0.15) is 31.2 Å². The lowest BCUT2D eigenvalue weighted by molar-refractivity contribution is 0.137. The van der Waals surface area contributed by atoms with Crippen LogP contribution in [0.2, 0.25) is 5.02 Å². The number of ether oxygens (including phenoxy) is 1. The van der Waals surface area contributed by atoms with Crippen LogP contribution in [0.4, 0.5) is 0 Å². The fraction of sp³-hybridized carbons (Fsp3) is 0.368. The van der Waals surface area contributed by atoms with E-state index in [1.165, 1.54) is 12.8 Å². The number of piperidine rings is 1. The lowest BCUT2D eigenvalue weighted by atomic mass is 10.0. The molecule has 2 saturated heterocycles. The number of halogens is 1. The molecule has 4 nitrogen and oxygen atoms in total. The molecule has 2 atom stereocenters. The van der Waals surface area contributed by atoms with Gasteiger partial charge in [0.1, 0.15) is 11.9 Å². The second kappa shape index (κ2) is 6.43. The Morgan fingerprint density at radius 1 is 1.21 bits per heavy atom. The molecule has 2 fully saturated rings. The van der Waals surface area contributed by atoms with E-state index in [2.05, 4.69) is 16.4 Å². The van der Waals surface area contributed by atoms with E-state index in [9.17, 15) is 5.26 Å². The minimum atomic E-state index is 0.199. The van der Waals surface area contributed by atoms with Crippen molar-refractivity contribution in [2.24, 2.45) is 0 Å². The van der Waals surface area contributed by atoms with Crippen LogP contribution in [0.15, 0.2) is 36.5 Å². The van der Waals surface area contributed by atoms with Gasteiger partial charge >= 0.3 is 0 Å². The minimum Gasteiger partial charge on any atom is -0.490 e. The molecule has 2 unspecified atom stereocenters. The number of nitrogens with one attached hydrogen (secondary N) is 1. The molecule has 5 heteroatoms. The standard InChI is InChI=1S/C19H18ClN3O/c20-18-2-1-5-22-19(18)13-6-12(11-21)7-16(8-13)24-17-9-14-3-4-15(10-17)23-14/h1-2,5-8,14-15,17,23H,3-4,9-10H2. The number of aromatic nitrogens is 1. The summed E-state index contributed by atoms with van der Waals surface area (Å²) < 4.78 is 6.22. The van der Waals surface area contributed by atoms with Crippen molar-refractivity contribution in [3.05, 3.63) is 47.1 Å². The van der Waals surface area contributed by atoms with Crippen LogP contribution in [-0.4, -0.2) is 23.2 Å². The molecule has 0 saturated carbocycles. The number of pyridine rings is 1. The highest BCUT2D eigenvalue weighted by Gasteiger charge is 2.34. The van der Waals surface area contributed by atoms with Crippen LogP contribution in [0, 0.1) is 11.3 Å². The summed E-state index contributed by atoms with van der Waals surface area (Å²) in [6.45, 7) is 0. The number of nitrogens with zero attached hydrogens (tertiary/aromatic N) is 2. The van der Waals surface area contributed by atoms with E-state index in [0.29, 0.717) is 28.4 Å². The number of hydrogen-bond acceptors (Lipinski definition) is 4. The average molecular weight is 340 g/mol. The van der Waals surface area contributed by atoms with Crippen molar-refractivity contribution < 1.29 is 4.74 Å². The number of rotatable bonds is 3. The van der Waals surface area contributed by atoms with Gasteiger partial charge in [0.25, 0.3) is 0 Å². The van der Waals surface area contributed by atoms with E-state index < -0.39 is 0 Å². The predicted octanol–water partition coefficient (Wildman–Crippen LogP) is 3.94. The third-order valence-corrected chi connectivity index (χ3v) is 5.11. The number of nitriles is 1. The molecule has 2 aliphatic heterocycles. The lowest BCUT2D eigenvalue weighted by Crippen LogP contribution is -2.42. The van der Waals surface area contributed by atoms with E-state index in [0.717, 1.165) is 24.2 Å². The van der Waals surface area contributed by atoms with Gasteiger partial charge in [-0.3, -0.25) is 4.98 Å². The Kier molecular flexibility index (Phi) is 4.13. The molecule has 2 aromatic rings. The summed E-state index contributed by atoms with van der Waals surface area (Å²) in [6, 6.07) is 12.5. The lowest BCUT2D eigenvalue weighted by Gasteiger charge is -2.29. The Bertz CT molecular complexity index is 789. The van der Waals surface area contributed by atoms with Gasteiger partial charge < -0.3 is 10.1 Å². The maximum Gasteiger partial charge on any atom is 0.121 e. The zero-order valence-corrected chi connectivity index (χ0v) is 14.0. The van der Waals surface area contributed by atoms with Gasteiger partial charge in [0.15, 0.2) is 0 Å². The van der Waals surface area contributed by atoms with E-state index in [1.54, 1.807) is 30.5 Å². The van der Waals surface area contributed by atoms with Crippen molar-refractivity contribution in [1.29, 1.82) is 5.26 Å². The van der Waals surface area contributed by atoms with Crippen LogP contribution in [-0.2, 0) is 0 Å². The molecule has 0 amide bonds. The molecule has 0 aliphatic carbocycles. The Hall–Kier alpha value is -2.09. The first kappa shape index (κ1) is 15.4. The maximum atomic E-state index is 9.33. The SMILES string of the molecule is N#Cc1cc(OC2CC3CCC(C2)N3)cc(-c2ncccc2Cl)c1. The molecule has 4 rings (SSSR count). The molecular weight excluding hydrogens is 322 g/mol. The van der Waals surface area contributed by atoms with Gasteiger partial charge in [0.05, 0.1) is 22.3 Å². The van der Waals surface area contributed by atoms with Crippen molar-refractivity contribution in [2.45, 2.75) is 43.9 Å². The Morgan fingerprint density at radius 3 is 2.71 bits per heavy atom. The van der Waals surface area contributed by atoms with Crippen LogP contribution >= 0.6 is 11.6 Å². The second-order valence-corrected chi connectivity index (χ2v) is 6.95. The zero-order chi connectivity index (χ0) is 16.5. The maximum absolute atomic E-state index is 9.33. The first-order chi connectivity index (χ1) is 11.7. The van der Waals surface area contributed by atoms with E-state index >= 15 is 0 Å². The largest absolute Gasteiger partial charge is 0.490 e. The van der Waals surface area contributed by atoms with Crippen molar-refractivity contribution in [1.82, 2.24) is 10.3 Å². The summed E-state index contributed by atoms with van der Waals surface area (Å²) in [4.78, 5) is 4.34. The molecular formula is C19H18ClN3O. The van der Waals surface area contributed by atoms with Gasteiger partial charge in [-0.2, -0.15) is 5.26 Å². The fourth-order valence-electron chi connectivity index (χ4n) is 3.76. The molecule has 1 aromatic carbocycles. The summed E-state index contributed by atoms with van der Waals surface area (Å²) in [7, 11) is 0. The highest BCUT2D eigenvalue weighted by atomic mass is 35.5. The molecule has 1 N–H and O–H groups in total. The zero-order valence-electron chi connectivity index (χ0n) is 13.2. The van der Waals surface area contributed by atoms with Gasteiger partial charge in [-0.05, 0) is 56.0 Å². The topological polar surface area (TPSA) is 57.9 Å². The van der Waals surface area contributed by atoms with Crippen LogP contribution in [0.3, 0.4) is 0 Å².